The largest absolute Gasteiger partial charge is 0.300 e. The molecule has 2 aromatic rings. The van der Waals surface area contributed by atoms with E-state index >= 15 is 0 Å². The molecule has 0 aliphatic heterocycles. The molecule has 0 saturated heterocycles. The zero-order valence-electron chi connectivity index (χ0n) is 11.9. The number of thioether (sulfide) groups is 1. The van der Waals surface area contributed by atoms with Crippen molar-refractivity contribution in [2.45, 2.75) is 41.6 Å². The third kappa shape index (κ3) is 3.71. The molecule has 3 rings (SSSR count). The van der Waals surface area contributed by atoms with Gasteiger partial charge in [0.05, 0.1) is 19.9 Å². The standard InChI is InChI=1S/C15H17Cl2N3S2/c16-11-7-6-9(8-12(11)17)13-14(22-15(19-13)20-18)21-10-4-2-1-3-5-10/h6-8,10H,1-5,18H2,(H,19,20). The molecule has 1 heterocycles. The van der Waals surface area contributed by atoms with E-state index in [-0.39, 0.29) is 0 Å². The molecular weight excluding hydrogens is 357 g/mol. The Labute approximate surface area is 148 Å². The predicted octanol–water partition coefficient (Wildman–Crippen LogP) is 5.83. The zero-order valence-corrected chi connectivity index (χ0v) is 15.1. The summed E-state index contributed by atoms with van der Waals surface area (Å²) < 4.78 is 1.19. The van der Waals surface area contributed by atoms with E-state index in [1.807, 2.05) is 30.0 Å². The number of rotatable bonds is 4. The Morgan fingerprint density at radius 3 is 2.64 bits per heavy atom. The van der Waals surface area contributed by atoms with Crippen molar-refractivity contribution in [2.24, 2.45) is 5.84 Å². The summed E-state index contributed by atoms with van der Waals surface area (Å²) in [7, 11) is 0. The van der Waals surface area contributed by atoms with Crippen LogP contribution in [0.4, 0.5) is 5.13 Å². The Hall–Kier alpha value is -0.460. The normalized spacial score (nSPS) is 16.0. The average molecular weight is 374 g/mol. The van der Waals surface area contributed by atoms with Gasteiger partial charge in [0.1, 0.15) is 0 Å². The number of nitrogens with zero attached hydrogens (tertiary/aromatic N) is 1. The van der Waals surface area contributed by atoms with Crippen LogP contribution in [0.5, 0.6) is 0 Å². The van der Waals surface area contributed by atoms with Crippen LogP contribution in [0.2, 0.25) is 10.0 Å². The van der Waals surface area contributed by atoms with Crippen LogP contribution >= 0.6 is 46.3 Å². The minimum atomic E-state index is 0.544. The highest BCUT2D eigenvalue weighted by atomic mass is 35.5. The molecule has 0 amide bonds. The van der Waals surface area contributed by atoms with E-state index in [1.165, 1.54) is 36.3 Å². The molecular formula is C15H17Cl2N3S2. The van der Waals surface area contributed by atoms with Crippen LogP contribution < -0.4 is 11.3 Å². The lowest BCUT2D eigenvalue weighted by Gasteiger charge is -2.20. The first kappa shape index (κ1) is 16.4. The minimum absolute atomic E-state index is 0.544. The van der Waals surface area contributed by atoms with Crippen LogP contribution in [-0.2, 0) is 0 Å². The zero-order chi connectivity index (χ0) is 15.5. The first-order valence-electron chi connectivity index (χ1n) is 7.27. The van der Waals surface area contributed by atoms with E-state index in [1.54, 1.807) is 11.3 Å². The molecule has 22 heavy (non-hydrogen) atoms. The number of nitrogen functional groups attached to an aromatic ring is 1. The lowest BCUT2D eigenvalue weighted by molar-refractivity contribution is 0.516. The van der Waals surface area contributed by atoms with Crippen molar-refractivity contribution in [3.8, 4) is 11.3 Å². The predicted molar refractivity (Wildman–Crippen MR) is 98.1 cm³/mol. The van der Waals surface area contributed by atoms with Gasteiger partial charge in [-0.15, -0.1) is 11.8 Å². The molecule has 1 saturated carbocycles. The maximum Gasteiger partial charge on any atom is 0.198 e. The van der Waals surface area contributed by atoms with Crippen molar-refractivity contribution in [2.75, 3.05) is 5.43 Å². The number of aromatic nitrogens is 1. The number of hydrogen-bond acceptors (Lipinski definition) is 5. The average Bonchev–Trinajstić information content (AvgIpc) is 2.94. The number of halogens is 2. The van der Waals surface area contributed by atoms with Gasteiger partial charge >= 0.3 is 0 Å². The molecule has 3 N–H and O–H groups in total. The van der Waals surface area contributed by atoms with Crippen molar-refractivity contribution in [1.82, 2.24) is 4.98 Å². The van der Waals surface area contributed by atoms with Gasteiger partial charge in [-0.3, -0.25) is 5.43 Å². The van der Waals surface area contributed by atoms with E-state index in [4.69, 9.17) is 29.0 Å². The second-order valence-electron chi connectivity index (χ2n) is 5.31. The van der Waals surface area contributed by atoms with Gasteiger partial charge in [-0.2, -0.15) is 0 Å². The van der Waals surface area contributed by atoms with Crippen LogP contribution in [0.3, 0.4) is 0 Å². The summed E-state index contributed by atoms with van der Waals surface area (Å²) in [5.74, 6) is 5.54. The van der Waals surface area contributed by atoms with Gasteiger partial charge < -0.3 is 0 Å². The summed E-state index contributed by atoms with van der Waals surface area (Å²) in [6, 6.07) is 5.63. The Bertz CT molecular complexity index is 654. The molecule has 7 heteroatoms. The summed E-state index contributed by atoms with van der Waals surface area (Å²) >= 11 is 15.7. The van der Waals surface area contributed by atoms with E-state index in [0.29, 0.717) is 15.3 Å². The number of thiazole rings is 1. The number of nitrogens with one attached hydrogen (secondary N) is 1. The van der Waals surface area contributed by atoms with Gasteiger partial charge in [0, 0.05) is 10.8 Å². The quantitative estimate of drug-likeness (QED) is 0.522. The first-order chi connectivity index (χ1) is 10.7. The minimum Gasteiger partial charge on any atom is -0.300 e. The number of hydrazine groups is 1. The van der Waals surface area contributed by atoms with E-state index < -0.39 is 0 Å². The molecule has 1 aliphatic carbocycles. The first-order valence-corrected chi connectivity index (χ1v) is 9.72. The maximum absolute atomic E-state index is 6.15. The van der Waals surface area contributed by atoms with Gasteiger partial charge in [0.15, 0.2) is 5.13 Å². The summed E-state index contributed by atoms with van der Waals surface area (Å²) in [5, 5.41) is 2.49. The molecule has 0 spiro atoms. The molecule has 0 radical (unpaired) electrons. The number of nitrogens with two attached hydrogens (primary N) is 1. The molecule has 0 atom stereocenters. The van der Waals surface area contributed by atoms with E-state index in [9.17, 15) is 0 Å². The third-order valence-electron chi connectivity index (χ3n) is 3.74. The lowest BCUT2D eigenvalue weighted by atomic mass is 10.0. The van der Waals surface area contributed by atoms with Crippen molar-refractivity contribution in [1.29, 1.82) is 0 Å². The molecule has 0 unspecified atom stereocenters. The van der Waals surface area contributed by atoms with E-state index in [2.05, 4.69) is 10.4 Å². The van der Waals surface area contributed by atoms with Crippen LogP contribution in [-0.4, -0.2) is 10.2 Å². The van der Waals surface area contributed by atoms with Crippen LogP contribution in [0.1, 0.15) is 32.1 Å². The summed E-state index contributed by atoms with van der Waals surface area (Å²) in [6.45, 7) is 0. The van der Waals surface area contributed by atoms with Gasteiger partial charge in [-0.05, 0) is 25.0 Å². The Balaban J connectivity index is 1.91. The lowest BCUT2D eigenvalue weighted by Crippen LogP contribution is -2.07. The van der Waals surface area contributed by atoms with Gasteiger partial charge in [-0.1, -0.05) is 59.9 Å². The molecule has 1 aliphatic rings. The maximum atomic E-state index is 6.15. The second kappa shape index (κ2) is 7.41. The van der Waals surface area contributed by atoms with Crippen LogP contribution in [0.25, 0.3) is 11.3 Å². The number of benzene rings is 1. The summed E-state index contributed by atoms with van der Waals surface area (Å²) in [6.07, 6.45) is 6.54. The van der Waals surface area contributed by atoms with Crippen LogP contribution in [0, 0.1) is 0 Å². The molecule has 0 bridgehead atoms. The highest BCUT2D eigenvalue weighted by Gasteiger charge is 2.20. The van der Waals surface area contributed by atoms with Gasteiger partial charge in [0.25, 0.3) is 0 Å². The summed E-state index contributed by atoms with van der Waals surface area (Å²) in [5.41, 5.74) is 4.57. The van der Waals surface area contributed by atoms with Crippen LogP contribution in [0.15, 0.2) is 22.4 Å². The fourth-order valence-corrected chi connectivity index (χ4v) is 5.52. The Morgan fingerprint density at radius 2 is 1.95 bits per heavy atom. The molecule has 3 nitrogen and oxygen atoms in total. The highest BCUT2D eigenvalue weighted by Crippen LogP contribution is 2.44. The number of hydrogen-bond donors (Lipinski definition) is 2. The van der Waals surface area contributed by atoms with Gasteiger partial charge in [0.2, 0.25) is 0 Å². The van der Waals surface area contributed by atoms with Crippen molar-refractivity contribution in [3.63, 3.8) is 0 Å². The smallest absolute Gasteiger partial charge is 0.198 e. The summed E-state index contributed by atoms with van der Waals surface area (Å²) in [4.78, 5) is 4.60. The second-order valence-corrected chi connectivity index (χ2v) is 8.69. The molecule has 1 fully saturated rings. The monoisotopic (exact) mass is 373 g/mol. The Morgan fingerprint density at radius 1 is 1.18 bits per heavy atom. The third-order valence-corrected chi connectivity index (χ3v) is 7.01. The SMILES string of the molecule is NNc1nc(-c2ccc(Cl)c(Cl)c2)c(SC2CCCCC2)s1. The fourth-order valence-electron chi connectivity index (χ4n) is 2.61. The highest BCUT2D eigenvalue weighted by molar-refractivity contribution is 8.01. The van der Waals surface area contributed by atoms with Crippen molar-refractivity contribution >= 4 is 51.4 Å². The molecule has 1 aromatic carbocycles. The fraction of sp³-hybridized carbons (Fsp3) is 0.400. The van der Waals surface area contributed by atoms with Crippen molar-refractivity contribution in [3.05, 3.63) is 28.2 Å². The Kier molecular flexibility index (Phi) is 5.52. The van der Waals surface area contributed by atoms with Gasteiger partial charge in [-0.25, -0.2) is 10.8 Å². The van der Waals surface area contributed by atoms with E-state index in [0.717, 1.165) is 16.4 Å². The van der Waals surface area contributed by atoms with Crippen molar-refractivity contribution < 1.29 is 0 Å². The topological polar surface area (TPSA) is 50.9 Å². The molecule has 1 aromatic heterocycles. The number of anilines is 1. The molecule has 118 valence electrons.